The number of benzene rings is 4. The fraction of sp³-hybridized carbons (Fsp3) is 0.219. The van der Waals surface area contributed by atoms with Crippen LogP contribution < -0.4 is 9.64 Å². The number of methoxy groups -OCH3 is 1. The van der Waals surface area contributed by atoms with Crippen LogP contribution in [0.15, 0.2) is 83.3 Å². The predicted octanol–water partition coefficient (Wildman–Crippen LogP) is 6.85. The molecule has 1 heterocycles. The van der Waals surface area contributed by atoms with Crippen molar-refractivity contribution in [3.63, 3.8) is 0 Å². The molecule has 0 aliphatic carbocycles. The molecule has 198 valence electrons. The van der Waals surface area contributed by atoms with Crippen molar-refractivity contribution >= 4 is 50.1 Å². The third-order valence-corrected chi connectivity index (χ3v) is 7.80. The summed E-state index contributed by atoms with van der Waals surface area (Å²) >= 11 is 3.52. The molecule has 39 heavy (non-hydrogen) atoms. The van der Waals surface area contributed by atoms with Gasteiger partial charge in [0.25, 0.3) is 17.7 Å². The first kappa shape index (κ1) is 26.6. The van der Waals surface area contributed by atoms with Crippen molar-refractivity contribution < 1.29 is 19.1 Å². The Bertz CT molecular complexity index is 1580. The number of ether oxygens (including phenoxy) is 1. The van der Waals surface area contributed by atoms with E-state index in [0.717, 1.165) is 15.4 Å². The molecule has 0 N–H and O–H groups in total. The molecule has 6 nitrogen and oxygen atoms in total. The van der Waals surface area contributed by atoms with Gasteiger partial charge in [-0.3, -0.25) is 19.3 Å². The van der Waals surface area contributed by atoms with Gasteiger partial charge in [0.15, 0.2) is 0 Å². The summed E-state index contributed by atoms with van der Waals surface area (Å²) in [5, 5.41) is 1.46. The molecule has 0 saturated carbocycles. The molecule has 0 spiro atoms. The maximum absolute atomic E-state index is 13.9. The SMILES string of the molecule is COc1ccccc1N(CCN1C(=O)c2cccc3c(Br)ccc(c23)C1=O)C(=O)c1ccc(C(C)(C)C)cc1. The number of imide groups is 1. The molecular weight excluding hydrogens is 556 g/mol. The van der Waals surface area contributed by atoms with Crippen molar-refractivity contribution in [2.24, 2.45) is 0 Å². The fourth-order valence-corrected chi connectivity index (χ4v) is 5.43. The Kier molecular flexibility index (Phi) is 7.03. The molecule has 0 atom stereocenters. The molecule has 1 aliphatic rings. The van der Waals surface area contributed by atoms with Crippen LogP contribution in [-0.2, 0) is 5.41 Å². The maximum atomic E-state index is 13.9. The molecule has 7 heteroatoms. The van der Waals surface area contributed by atoms with Gasteiger partial charge < -0.3 is 9.64 Å². The highest BCUT2D eigenvalue weighted by atomic mass is 79.9. The second kappa shape index (κ2) is 10.3. The van der Waals surface area contributed by atoms with Crippen LogP contribution in [0.1, 0.15) is 57.4 Å². The van der Waals surface area contributed by atoms with E-state index in [4.69, 9.17) is 4.74 Å². The Hall–Kier alpha value is -3.97. The van der Waals surface area contributed by atoms with Gasteiger partial charge in [-0.1, -0.05) is 73.1 Å². The Morgan fingerprint density at radius 1 is 0.872 bits per heavy atom. The molecule has 4 aromatic rings. The summed E-state index contributed by atoms with van der Waals surface area (Å²) in [4.78, 5) is 43.7. The van der Waals surface area contributed by atoms with Gasteiger partial charge in [-0.15, -0.1) is 0 Å². The fourth-order valence-electron chi connectivity index (χ4n) is 4.97. The molecule has 4 aromatic carbocycles. The summed E-state index contributed by atoms with van der Waals surface area (Å²) in [6.07, 6.45) is 0. The number of nitrogens with zero attached hydrogens (tertiary/aromatic N) is 2. The minimum atomic E-state index is -0.377. The van der Waals surface area contributed by atoms with Crippen LogP contribution in [0.4, 0.5) is 5.69 Å². The number of anilines is 1. The van der Waals surface area contributed by atoms with Crippen LogP contribution in [0, 0.1) is 0 Å². The zero-order valence-corrected chi connectivity index (χ0v) is 23.9. The van der Waals surface area contributed by atoms with Crippen LogP contribution in [0.2, 0.25) is 0 Å². The van der Waals surface area contributed by atoms with Crippen molar-refractivity contribution in [1.29, 1.82) is 0 Å². The van der Waals surface area contributed by atoms with Gasteiger partial charge in [-0.2, -0.15) is 0 Å². The van der Waals surface area contributed by atoms with E-state index in [1.165, 1.54) is 4.90 Å². The van der Waals surface area contributed by atoms with Gasteiger partial charge in [-0.25, -0.2) is 0 Å². The third-order valence-electron chi connectivity index (χ3n) is 7.10. The Morgan fingerprint density at radius 3 is 2.21 bits per heavy atom. The summed E-state index contributed by atoms with van der Waals surface area (Å²) in [6, 6.07) is 23.8. The highest BCUT2D eigenvalue weighted by molar-refractivity contribution is 9.10. The van der Waals surface area contributed by atoms with Crippen LogP contribution in [0.5, 0.6) is 5.75 Å². The van der Waals surface area contributed by atoms with Crippen LogP contribution in [-0.4, -0.2) is 42.8 Å². The average Bonchev–Trinajstić information content (AvgIpc) is 2.93. The normalized spacial score (nSPS) is 13.1. The Balaban J connectivity index is 1.49. The standard InChI is InChI=1S/C32H29BrN2O4/c1-32(2,3)21-14-12-20(13-15-21)29(36)34(26-10-5-6-11-27(26)39-4)18-19-35-30(37)23-9-7-8-22-25(33)17-16-24(28(22)23)31(35)38/h5-17H,18-19H2,1-4H3. The highest BCUT2D eigenvalue weighted by Crippen LogP contribution is 2.35. The highest BCUT2D eigenvalue weighted by Gasteiger charge is 2.34. The van der Waals surface area contributed by atoms with Gasteiger partial charge in [0.05, 0.1) is 12.8 Å². The molecule has 0 unspecified atom stereocenters. The summed E-state index contributed by atoms with van der Waals surface area (Å²) < 4.78 is 6.38. The predicted molar refractivity (Wildman–Crippen MR) is 157 cm³/mol. The van der Waals surface area contributed by atoms with Crippen LogP contribution >= 0.6 is 15.9 Å². The first-order valence-electron chi connectivity index (χ1n) is 12.7. The maximum Gasteiger partial charge on any atom is 0.261 e. The lowest BCUT2D eigenvalue weighted by Crippen LogP contribution is -2.46. The van der Waals surface area contributed by atoms with Gasteiger partial charge in [0, 0.05) is 39.6 Å². The van der Waals surface area contributed by atoms with Crippen molar-refractivity contribution in [2.45, 2.75) is 26.2 Å². The van der Waals surface area contributed by atoms with Crippen molar-refractivity contribution in [3.8, 4) is 5.75 Å². The van der Waals surface area contributed by atoms with E-state index >= 15 is 0 Å². The van der Waals surface area contributed by atoms with Gasteiger partial charge in [0.2, 0.25) is 0 Å². The molecule has 5 rings (SSSR count). The molecule has 0 bridgehead atoms. The van der Waals surface area contributed by atoms with E-state index in [1.54, 1.807) is 36.3 Å². The number of hydrogen-bond acceptors (Lipinski definition) is 4. The van der Waals surface area contributed by atoms with E-state index in [2.05, 4.69) is 36.7 Å². The van der Waals surface area contributed by atoms with E-state index in [-0.39, 0.29) is 36.2 Å². The smallest absolute Gasteiger partial charge is 0.261 e. The first-order valence-corrected chi connectivity index (χ1v) is 13.5. The monoisotopic (exact) mass is 584 g/mol. The zero-order valence-electron chi connectivity index (χ0n) is 22.3. The lowest BCUT2D eigenvalue weighted by atomic mass is 9.86. The van der Waals surface area contributed by atoms with Gasteiger partial charge in [-0.05, 0) is 58.8 Å². The summed E-state index contributed by atoms with van der Waals surface area (Å²) in [5.41, 5.74) is 3.08. The second-order valence-corrected chi connectivity index (χ2v) is 11.4. The second-order valence-electron chi connectivity index (χ2n) is 10.5. The molecular formula is C32H29BrN2O4. The number of rotatable bonds is 6. The largest absolute Gasteiger partial charge is 0.495 e. The quantitative estimate of drug-likeness (QED) is 0.232. The van der Waals surface area contributed by atoms with Gasteiger partial charge in [0.1, 0.15) is 5.75 Å². The number of hydrogen-bond donors (Lipinski definition) is 0. The minimum absolute atomic E-state index is 0.0213. The summed E-state index contributed by atoms with van der Waals surface area (Å²) in [6.45, 7) is 6.48. The molecule has 0 fully saturated rings. The van der Waals surface area contributed by atoms with E-state index < -0.39 is 0 Å². The summed E-state index contributed by atoms with van der Waals surface area (Å²) in [5.74, 6) is -0.479. The Labute approximate surface area is 236 Å². The van der Waals surface area contributed by atoms with E-state index in [9.17, 15) is 14.4 Å². The topological polar surface area (TPSA) is 66.9 Å². The average molecular weight is 585 g/mol. The van der Waals surface area contributed by atoms with Crippen LogP contribution in [0.25, 0.3) is 10.8 Å². The van der Waals surface area contributed by atoms with Crippen molar-refractivity contribution in [3.05, 3.63) is 106 Å². The molecule has 0 aromatic heterocycles. The minimum Gasteiger partial charge on any atom is -0.495 e. The number of carbonyl (C=O) groups is 3. The number of halogens is 1. The summed E-state index contributed by atoms with van der Waals surface area (Å²) in [7, 11) is 1.55. The lowest BCUT2D eigenvalue weighted by Gasteiger charge is -2.31. The number of amides is 3. The van der Waals surface area contributed by atoms with Crippen molar-refractivity contribution in [1.82, 2.24) is 4.90 Å². The van der Waals surface area contributed by atoms with E-state index in [1.807, 2.05) is 54.6 Å². The molecule has 3 amide bonds. The van der Waals surface area contributed by atoms with Crippen LogP contribution in [0.3, 0.4) is 0 Å². The van der Waals surface area contributed by atoms with Gasteiger partial charge >= 0.3 is 0 Å². The molecule has 0 radical (unpaired) electrons. The third kappa shape index (κ3) is 4.83. The number of para-hydroxylation sites is 2. The Morgan fingerprint density at radius 2 is 1.54 bits per heavy atom. The first-order chi connectivity index (χ1) is 18.6. The number of carbonyl (C=O) groups excluding carboxylic acids is 3. The lowest BCUT2D eigenvalue weighted by molar-refractivity contribution is 0.0611. The van der Waals surface area contributed by atoms with Crippen molar-refractivity contribution in [2.75, 3.05) is 25.1 Å². The zero-order chi connectivity index (χ0) is 27.9. The molecule has 1 aliphatic heterocycles. The molecule has 0 saturated heterocycles. The van der Waals surface area contributed by atoms with E-state index in [0.29, 0.717) is 33.5 Å².